The Morgan fingerprint density at radius 2 is 1.90 bits per heavy atom. The van der Waals surface area contributed by atoms with Gasteiger partial charge >= 0.3 is 0 Å². The number of ether oxygens (including phenoxy) is 3. The van der Waals surface area contributed by atoms with Gasteiger partial charge in [-0.3, -0.25) is 4.79 Å². The number of carbonyl (C=O) groups excluding carboxylic acids is 1. The van der Waals surface area contributed by atoms with Gasteiger partial charge in [0.15, 0.2) is 17.3 Å². The predicted octanol–water partition coefficient (Wildman–Crippen LogP) is 2.59. The summed E-state index contributed by atoms with van der Waals surface area (Å²) in [6.45, 7) is 0. The van der Waals surface area contributed by atoms with Gasteiger partial charge in [-0.05, 0) is 12.1 Å². The fourth-order valence-electron chi connectivity index (χ4n) is 1.89. The number of ketones is 1. The largest absolute Gasteiger partial charge is 0.493 e. The lowest BCUT2D eigenvalue weighted by Crippen LogP contribution is -2.07. The van der Waals surface area contributed by atoms with E-state index in [1.54, 1.807) is 18.3 Å². The predicted molar refractivity (Wildman–Crippen MR) is 76.2 cm³/mol. The van der Waals surface area contributed by atoms with E-state index in [1.165, 1.54) is 32.7 Å². The van der Waals surface area contributed by atoms with E-state index in [2.05, 4.69) is 4.98 Å². The highest BCUT2D eigenvalue weighted by Gasteiger charge is 2.21. The Hall–Kier alpha value is -2.08. The van der Waals surface area contributed by atoms with Crippen LogP contribution in [0.5, 0.6) is 17.2 Å². The lowest BCUT2D eigenvalue weighted by atomic mass is 10.1. The molecule has 0 saturated heterocycles. The van der Waals surface area contributed by atoms with E-state index in [1.807, 2.05) is 5.38 Å². The number of thiazole rings is 1. The Bertz CT molecular complexity index is 595. The SMILES string of the molecule is COc1ccc(C(=O)Cc2nccs2)c(OC)c1OC. The normalized spacial score (nSPS) is 10.2. The molecule has 0 radical (unpaired) electrons. The maximum Gasteiger partial charge on any atom is 0.204 e. The second-order valence-electron chi connectivity index (χ2n) is 3.91. The second-order valence-corrected chi connectivity index (χ2v) is 4.89. The number of methoxy groups -OCH3 is 3. The first-order valence-corrected chi connectivity index (χ1v) is 6.79. The van der Waals surface area contributed by atoms with Crippen LogP contribution in [0.25, 0.3) is 0 Å². The maximum absolute atomic E-state index is 12.3. The van der Waals surface area contributed by atoms with Gasteiger partial charge in [0.1, 0.15) is 5.01 Å². The van der Waals surface area contributed by atoms with Crippen LogP contribution in [-0.4, -0.2) is 32.1 Å². The minimum absolute atomic E-state index is 0.0715. The Morgan fingerprint density at radius 1 is 1.15 bits per heavy atom. The van der Waals surface area contributed by atoms with Crippen molar-refractivity contribution in [3.63, 3.8) is 0 Å². The molecule has 1 aromatic carbocycles. The lowest BCUT2D eigenvalue weighted by molar-refractivity contribution is 0.0989. The van der Waals surface area contributed by atoms with Crippen molar-refractivity contribution in [1.29, 1.82) is 0 Å². The zero-order valence-electron chi connectivity index (χ0n) is 11.5. The highest BCUT2D eigenvalue weighted by Crippen LogP contribution is 2.40. The van der Waals surface area contributed by atoms with Crippen molar-refractivity contribution in [2.45, 2.75) is 6.42 Å². The average Bonchev–Trinajstić information content (AvgIpc) is 2.98. The van der Waals surface area contributed by atoms with Crippen LogP contribution in [0.15, 0.2) is 23.7 Å². The zero-order chi connectivity index (χ0) is 14.5. The topological polar surface area (TPSA) is 57.7 Å². The fraction of sp³-hybridized carbons (Fsp3) is 0.286. The van der Waals surface area contributed by atoms with Crippen LogP contribution >= 0.6 is 11.3 Å². The van der Waals surface area contributed by atoms with Gasteiger partial charge in [0.25, 0.3) is 0 Å². The van der Waals surface area contributed by atoms with Crippen molar-refractivity contribution < 1.29 is 19.0 Å². The lowest BCUT2D eigenvalue weighted by Gasteiger charge is -2.14. The number of Topliss-reactive ketones (excluding diaryl/α,β-unsaturated/α-hetero) is 1. The van der Waals surface area contributed by atoms with Crippen LogP contribution in [0.2, 0.25) is 0 Å². The molecule has 0 saturated carbocycles. The van der Waals surface area contributed by atoms with Gasteiger partial charge in [0.05, 0.1) is 33.3 Å². The molecule has 0 bridgehead atoms. The number of hydrogen-bond donors (Lipinski definition) is 0. The third kappa shape index (κ3) is 2.75. The summed E-state index contributed by atoms with van der Waals surface area (Å²) in [5.74, 6) is 1.25. The molecule has 106 valence electrons. The monoisotopic (exact) mass is 293 g/mol. The first-order chi connectivity index (χ1) is 9.71. The second kappa shape index (κ2) is 6.38. The summed E-state index contributed by atoms with van der Waals surface area (Å²) in [4.78, 5) is 16.5. The molecule has 0 amide bonds. The molecule has 20 heavy (non-hydrogen) atoms. The van der Waals surface area contributed by atoms with Crippen molar-refractivity contribution in [3.8, 4) is 17.2 Å². The smallest absolute Gasteiger partial charge is 0.204 e. The fourth-order valence-corrected chi connectivity index (χ4v) is 2.51. The molecule has 0 aliphatic heterocycles. The van der Waals surface area contributed by atoms with E-state index < -0.39 is 0 Å². The number of rotatable bonds is 6. The van der Waals surface area contributed by atoms with Crippen molar-refractivity contribution in [2.24, 2.45) is 0 Å². The first-order valence-electron chi connectivity index (χ1n) is 5.91. The molecule has 0 unspecified atom stereocenters. The Balaban J connectivity index is 2.38. The van der Waals surface area contributed by atoms with E-state index in [0.717, 1.165) is 5.01 Å². The maximum atomic E-state index is 12.3. The molecule has 0 aliphatic rings. The highest BCUT2D eigenvalue weighted by molar-refractivity contribution is 7.09. The van der Waals surface area contributed by atoms with E-state index in [-0.39, 0.29) is 12.2 Å². The van der Waals surface area contributed by atoms with Gasteiger partial charge in [-0.2, -0.15) is 0 Å². The Morgan fingerprint density at radius 3 is 2.45 bits per heavy atom. The molecule has 0 atom stereocenters. The van der Waals surface area contributed by atoms with Crippen LogP contribution in [-0.2, 0) is 6.42 Å². The van der Waals surface area contributed by atoms with Crippen molar-refractivity contribution in [3.05, 3.63) is 34.3 Å². The van der Waals surface area contributed by atoms with Gasteiger partial charge in [-0.1, -0.05) is 0 Å². The summed E-state index contributed by atoms with van der Waals surface area (Å²) in [5.41, 5.74) is 0.459. The van der Waals surface area contributed by atoms with Crippen LogP contribution in [0, 0.1) is 0 Å². The van der Waals surface area contributed by atoms with Crippen LogP contribution in [0.4, 0.5) is 0 Å². The van der Waals surface area contributed by atoms with Crippen LogP contribution in [0.3, 0.4) is 0 Å². The third-order valence-electron chi connectivity index (χ3n) is 2.80. The molecule has 1 heterocycles. The number of hydrogen-bond acceptors (Lipinski definition) is 6. The summed E-state index contributed by atoms with van der Waals surface area (Å²) in [5, 5.41) is 2.61. The molecule has 0 N–H and O–H groups in total. The summed E-state index contributed by atoms with van der Waals surface area (Å²) in [6.07, 6.45) is 1.92. The third-order valence-corrected chi connectivity index (χ3v) is 3.58. The van der Waals surface area contributed by atoms with Gasteiger partial charge in [0, 0.05) is 11.6 Å². The molecule has 0 fully saturated rings. The Kier molecular flexibility index (Phi) is 4.57. The molecule has 5 nitrogen and oxygen atoms in total. The molecular weight excluding hydrogens is 278 g/mol. The summed E-state index contributed by atoms with van der Waals surface area (Å²) in [6, 6.07) is 3.37. The van der Waals surface area contributed by atoms with E-state index in [4.69, 9.17) is 14.2 Å². The summed E-state index contributed by atoms with van der Waals surface area (Å²) >= 11 is 1.45. The minimum atomic E-state index is -0.0715. The summed E-state index contributed by atoms with van der Waals surface area (Å²) in [7, 11) is 4.54. The molecule has 6 heteroatoms. The van der Waals surface area contributed by atoms with E-state index >= 15 is 0 Å². The Labute approximate surface area is 121 Å². The molecule has 2 aromatic rings. The van der Waals surface area contributed by atoms with Crippen molar-refractivity contribution in [1.82, 2.24) is 4.98 Å². The van der Waals surface area contributed by atoms with E-state index in [9.17, 15) is 4.79 Å². The van der Waals surface area contributed by atoms with Crippen molar-refractivity contribution >= 4 is 17.1 Å². The highest BCUT2D eigenvalue weighted by atomic mass is 32.1. The van der Waals surface area contributed by atoms with Gasteiger partial charge in [0.2, 0.25) is 5.75 Å². The zero-order valence-corrected chi connectivity index (χ0v) is 12.3. The first kappa shape index (κ1) is 14.3. The molecule has 2 rings (SSSR count). The number of nitrogens with zero attached hydrogens (tertiary/aromatic N) is 1. The minimum Gasteiger partial charge on any atom is -0.493 e. The number of benzene rings is 1. The summed E-state index contributed by atoms with van der Waals surface area (Å²) < 4.78 is 15.8. The van der Waals surface area contributed by atoms with E-state index in [0.29, 0.717) is 22.8 Å². The number of aromatic nitrogens is 1. The quantitative estimate of drug-likeness (QED) is 0.766. The van der Waals surface area contributed by atoms with Crippen LogP contribution in [0.1, 0.15) is 15.4 Å². The molecular formula is C14H15NO4S. The van der Waals surface area contributed by atoms with Crippen molar-refractivity contribution in [2.75, 3.05) is 21.3 Å². The van der Waals surface area contributed by atoms with Gasteiger partial charge < -0.3 is 14.2 Å². The standard InChI is InChI=1S/C14H15NO4S/c1-17-11-5-4-9(13(18-2)14(11)19-3)10(16)8-12-15-6-7-20-12/h4-7H,8H2,1-3H3. The number of carbonyl (C=O) groups is 1. The van der Waals surface area contributed by atoms with Gasteiger partial charge in [-0.25, -0.2) is 4.98 Å². The van der Waals surface area contributed by atoms with Crippen LogP contribution < -0.4 is 14.2 Å². The molecule has 1 aromatic heterocycles. The molecule has 0 spiro atoms. The molecule has 0 aliphatic carbocycles. The van der Waals surface area contributed by atoms with Gasteiger partial charge in [-0.15, -0.1) is 11.3 Å². The average molecular weight is 293 g/mol.